The predicted octanol–water partition coefficient (Wildman–Crippen LogP) is 19.1. The molecule has 13 saturated carbocycles. The highest BCUT2D eigenvalue weighted by molar-refractivity contribution is 9.10. The van der Waals surface area contributed by atoms with Gasteiger partial charge in [0.2, 0.25) is 29.5 Å². The Morgan fingerprint density at radius 2 is 0.592 bits per heavy atom. The van der Waals surface area contributed by atoms with E-state index < -0.39 is 9.84 Å². The molecule has 5 heterocycles. The molecular formula is C120H176Br4N10O12S. The number of alkyl halides is 4. The number of piperidine rings is 5. The van der Waals surface area contributed by atoms with Crippen molar-refractivity contribution in [3.05, 3.63) is 108 Å². The molecule has 25 atom stereocenters. The first-order valence-corrected chi connectivity index (χ1v) is 63.7. The molecule has 812 valence electrons. The van der Waals surface area contributed by atoms with Crippen molar-refractivity contribution in [3.8, 4) is 0 Å². The first-order valence-electron chi connectivity index (χ1n) is 58.0. The number of likely N-dealkylation sites (tertiary alicyclic amines) is 5. The topological polar surface area (TPSA) is 281 Å². The van der Waals surface area contributed by atoms with Crippen molar-refractivity contribution in [2.75, 3.05) is 104 Å². The van der Waals surface area contributed by atoms with E-state index in [2.05, 4.69) is 233 Å². The van der Waals surface area contributed by atoms with Crippen LogP contribution in [0.3, 0.4) is 0 Å². The number of sulfone groups is 1. The van der Waals surface area contributed by atoms with Gasteiger partial charge in [-0.1, -0.05) is 182 Å². The molecular weight excluding hydrogens is 2130 g/mol. The van der Waals surface area contributed by atoms with Crippen LogP contribution in [-0.2, 0) is 64.2 Å². The number of nitrogens with one attached hydrogen (secondary N) is 5. The average Bonchev–Trinajstić information content (AvgIpc) is 1.63. The van der Waals surface area contributed by atoms with Crippen LogP contribution < -0.4 is 26.6 Å². The van der Waals surface area contributed by atoms with E-state index in [0.717, 1.165) is 220 Å². The van der Waals surface area contributed by atoms with Crippen molar-refractivity contribution in [1.82, 2.24) is 51.1 Å². The summed E-state index contributed by atoms with van der Waals surface area (Å²) in [6.07, 6.45) is 40.7. The lowest BCUT2D eigenvalue weighted by Gasteiger charge is -2.38. The molecule has 13 aliphatic carbocycles. The van der Waals surface area contributed by atoms with E-state index in [1.165, 1.54) is 93.6 Å². The number of ketones is 5. The highest BCUT2D eigenvalue weighted by Crippen LogP contribution is 2.55. The molecule has 27 heteroatoms. The predicted molar refractivity (Wildman–Crippen MR) is 596 cm³/mol. The van der Waals surface area contributed by atoms with Crippen molar-refractivity contribution in [2.45, 2.75) is 346 Å². The SMILES string of the molecule is CC(=O)C1CC2CCC(Br)CC2C1NC(=O)CN1CCC(Cc2ccccc2)CC1.CC(=O)C1CC2CCC(Br)CC2C1NC(=O)CN1CCC(c2ccccc2)CC1.CC1(C)CCCN(CC(=O)NC2C(C(=O)C3CC3)CC3CCC(Br)CC32)C1.CC1(C)CCCN(CC(=O)NC2C(C(=O)C3CC3)CC3CCC(S(C)(=O)=O)CC32)C1.O=C(CN1CCC(c2ccccc2)CC1)NC1C(C(=O)C2CC2)CC2CCC(Br)CC21. The summed E-state index contributed by atoms with van der Waals surface area (Å²) in [5, 5.41) is 16.3. The van der Waals surface area contributed by atoms with Crippen LogP contribution in [-0.4, -0.2) is 251 Å². The molecule has 0 aromatic heterocycles. The molecule has 3 aromatic carbocycles. The Labute approximate surface area is 913 Å². The molecule has 0 radical (unpaired) electrons. The third-order valence-electron chi connectivity index (χ3n) is 39.1. The summed E-state index contributed by atoms with van der Waals surface area (Å²) in [7, 11) is -3.10. The van der Waals surface area contributed by atoms with E-state index in [1.54, 1.807) is 13.8 Å². The van der Waals surface area contributed by atoms with E-state index in [-0.39, 0.29) is 135 Å². The molecule has 18 fully saturated rings. The van der Waals surface area contributed by atoms with Crippen molar-refractivity contribution in [2.24, 2.45) is 123 Å². The van der Waals surface area contributed by atoms with E-state index in [1.807, 2.05) is 0 Å². The minimum absolute atomic E-state index is 0.00152. The monoisotopic (exact) mass is 2300 g/mol. The molecule has 5 aliphatic heterocycles. The van der Waals surface area contributed by atoms with Crippen LogP contribution in [0.5, 0.6) is 0 Å². The summed E-state index contributed by atoms with van der Waals surface area (Å²) in [6.45, 7) is 24.4. The van der Waals surface area contributed by atoms with Crippen molar-refractivity contribution < 1.29 is 56.4 Å². The second-order valence-electron chi connectivity index (χ2n) is 51.2. The Morgan fingerprint density at radius 1 is 0.320 bits per heavy atom. The largest absolute Gasteiger partial charge is 0.351 e. The van der Waals surface area contributed by atoms with Gasteiger partial charge in [0, 0.05) is 116 Å². The zero-order chi connectivity index (χ0) is 104. The molecule has 3 aromatic rings. The van der Waals surface area contributed by atoms with Gasteiger partial charge in [0.15, 0.2) is 0 Å². The summed E-state index contributed by atoms with van der Waals surface area (Å²) in [4.78, 5) is 142. The van der Waals surface area contributed by atoms with Crippen LogP contribution in [0, 0.1) is 123 Å². The molecule has 5 saturated heterocycles. The summed E-state index contributed by atoms with van der Waals surface area (Å²) in [5.74, 6) is 9.41. The normalized spacial score (nSPS) is 35.1. The Morgan fingerprint density at radius 3 is 0.884 bits per heavy atom. The van der Waals surface area contributed by atoms with Crippen LogP contribution in [0.1, 0.15) is 301 Å². The van der Waals surface area contributed by atoms with Gasteiger partial charge in [0.25, 0.3) is 0 Å². The fourth-order valence-electron chi connectivity index (χ4n) is 30.9. The van der Waals surface area contributed by atoms with E-state index >= 15 is 0 Å². The van der Waals surface area contributed by atoms with Gasteiger partial charge in [-0.05, 0) is 408 Å². The lowest BCUT2D eigenvalue weighted by molar-refractivity contribution is -0.128. The van der Waals surface area contributed by atoms with Crippen LogP contribution in [0.15, 0.2) is 91.0 Å². The lowest BCUT2D eigenvalue weighted by Crippen LogP contribution is -2.51. The number of nitrogens with zero attached hydrogens (tertiary/aromatic N) is 5. The van der Waals surface area contributed by atoms with Gasteiger partial charge in [0.05, 0.1) is 38.0 Å². The number of amides is 5. The second kappa shape index (κ2) is 51.4. The number of halogens is 4. The summed E-state index contributed by atoms with van der Waals surface area (Å²) < 4.78 is 24.4. The highest BCUT2D eigenvalue weighted by atomic mass is 79.9. The fraction of sp³-hybridized carbons (Fsp3) is 0.767. The Kier molecular flexibility index (Phi) is 39.5. The molecule has 0 spiro atoms. The molecule has 0 bridgehead atoms. The van der Waals surface area contributed by atoms with Crippen LogP contribution in [0.4, 0.5) is 0 Å². The Bertz CT molecular complexity index is 5050. The first kappa shape index (κ1) is 113. The number of fused-ring (bicyclic) bond motifs is 5. The minimum Gasteiger partial charge on any atom is -0.351 e. The Balaban J connectivity index is 0.000000126. The Hall–Kier alpha value is -4.97. The zero-order valence-electron chi connectivity index (χ0n) is 89.4. The van der Waals surface area contributed by atoms with Gasteiger partial charge < -0.3 is 26.6 Å². The summed E-state index contributed by atoms with van der Waals surface area (Å²) in [6, 6.07) is 32.1. The minimum atomic E-state index is -3.10. The number of benzene rings is 3. The quantitative estimate of drug-likeness (QED) is 0.0422. The number of carbonyl (C=O) groups excluding carboxylic acids is 10. The molecule has 18 aliphatic rings. The number of hydrogen-bond acceptors (Lipinski definition) is 17. The van der Waals surface area contributed by atoms with Gasteiger partial charge in [-0.15, -0.1) is 0 Å². The molecule has 5 amide bonds. The summed E-state index contributed by atoms with van der Waals surface area (Å²) >= 11 is 15.2. The van der Waals surface area contributed by atoms with E-state index in [0.29, 0.717) is 159 Å². The van der Waals surface area contributed by atoms with Gasteiger partial charge >= 0.3 is 0 Å². The summed E-state index contributed by atoms with van der Waals surface area (Å²) in [5.41, 5.74) is 4.78. The van der Waals surface area contributed by atoms with E-state index in [4.69, 9.17) is 0 Å². The van der Waals surface area contributed by atoms with Crippen LogP contribution in [0.2, 0.25) is 0 Å². The molecule has 147 heavy (non-hydrogen) atoms. The standard InChI is InChI=1S/C26H35BrN2O2.C25H35BrN2O2.C24H33BrN2O2.C23H38N2O4S.C22H35BrN2O2/c27-21-9-8-20-14-23(26(31)19-6-7-19)25(22(20)15-21)28-24(30)16-29-12-10-18(11-13-29)17-4-2-1-3-5-17;1-17(29)22-14-20-7-8-21(26)15-23(20)25(22)27-24(30)16-28-11-9-19(10-12-28)13-18-5-3-2-4-6-18;1-16(28)21-13-19-7-8-20(25)14-22(19)24(21)26-23(29)15-27-11-9-18(10-12-27)17-5-3-2-4-6-17;1-23(2)9-4-10-25(14-23)13-20(26)24-21-18-12-17(30(3,28)29)8-7-16(18)11-19(21)22(27)15-5-6-15;1-22(2)8-3-9-25(13-22)12-19(26)24-20-17-11-16(23)7-6-15(17)10-18(20)21(27)14-4-5-14/h1-5,18-23,25H,6-16H2,(H,28,30);2-6,19-23,25H,7-16H2,1H3,(H,27,30);2-6,18-22,24H,7-15H2,1H3,(H,26,29);15-19,21H,4-14H2,1-3H3,(H,24,26);14-18,20H,3-13H2,1-2H3,(H,24,26). The van der Waals surface area contributed by atoms with Crippen LogP contribution in [0.25, 0.3) is 0 Å². The molecule has 5 N–H and O–H groups in total. The lowest BCUT2D eigenvalue weighted by atomic mass is 9.79. The van der Waals surface area contributed by atoms with Gasteiger partial charge in [-0.25, -0.2) is 8.42 Å². The fourth-order valence-corrected chi connectivity index (χ4v) is 34.8. The third-order valence-corrected chi connectivity index (χ3v) is 44.1. The molecule has 22 nitrogen and oxygen atoms in total. The smallest absolute Gasteiger partial charge is 0.234 e. The number of carbonyl (C=O) groups is 10. The van der Waals surface area contributed by atoms with Gasteiger partial charge in [0.1, 0.15) is 38.8 Å². The van der Waals surface area contributed by atoms with Crippen molar-refractivity contribution >= 4 is 132 Å². The molecule has 21 rings (SSSR count). The first-order chi connectivity index (χ1) is 70.4. The maximum absolute atomic E-state index is 13.1. The maximum Gasteiger partial charge on any atom is 0.234 e. The zero-order valence-corrected chi connectivity index (χ0v) is 96.5. The number of hydrogen-bond donors (Lipinski definition) is 5. The van der Waals surface area contributed by atoms with Crippen molar-refractivity contribution in [1.29, 1.82) is 0 Å². The second-order valence-corrected chi connectivity index (χ2v) is 58.7. The van der Waals surface area contributed by atoms with Crippen molar-refractivity contribution in [3.63, 3.8) is 0 Å². The van der Waals surface area contributed by atoms with Gasteiger partial charge in [-0.3, -0.25) is 72.4 Å². The molecule has 25 unspecified atom stereocenters. The number of Topliss-reactive ketones (excluding diaryl/α,β-unsaturated/α-hetero) is 5. The van der Waals surface area contributed by atoms with Crippen LogP contribution >= 0.6 is 63.7 Å². The average molecular weight is 2300 g/mol. The van der Waals surface area contributed by atoms with E-state index in [9.17, 15) is 56.4 Å². The maximum atomic E-state index is 13.1. The number of rotatable bonds is 28. The third kappa shape index (κ3) is 30.9. The van der Waals surface area contributed by atoms with Gasteiger partial charge in [-0.2, -0.15) is 0 Å². The highest BCUT2D eigenvalue weighted by Gasteiger charge is 2.57.